The summed E-state index contributed by atoms with van der Waals surface area (Å²) in [6, 6.07) is 7.14. The lowest BCUT2D eigenvalue weighted by atomic mass is 9.85. The molecular weight excluding hydrogens is 268 g/mol. The fourth-order valence-electron chi connectivity index (χ4n) is 3.22. The zero-order valence-corrected chi connectivity index (χ0v) is 13.7. The first-order chi connectivity index (χ1) is 9.63. The third kappa shape index (κ3) is 3.67. The van der Waals surface area contributed by atoms with E-state index < -0.39 is 0 Å². The highest BCUT2D eigenvalue weighted by molar-refractivity contribution is 6.31. The first kappa shape index (κ1) is 15.7. The van der Waals surface area contributed by atoms with Gasteiger partial charge in [-0.25, -0.2) is 0 Å². The molecule has 112 valence electrons. The summed E-state index contributed by atoms with van der Waals surface area (Å²) in [6.07, 6.45) is 5.38. The van der Waals surface area contributed by atoms with Gasteiger partial charge in [0.05, 0.1) is 0 Å². The summed E-state index contributed by atoms with van der Waals surface area (Å²) < 4.78 is 0. The van der Waals surface area contributed by atoms with E-state index >= 15 is 0 Å². The molecule has 2 atom stereocenters. The van der Waals surface area contributed by atoms with Gasteiger partial charge in [0.15, 0.2) is 0 Å². The number of benzene rings is 1. The summed E-state index contributed by atoms with van der Waals surface area (Å²) in [4.78, 5) is 2.42. The first-order valence-corrected chi connectivity index (χ1v) is 8.23. The Morgan fingerprint density at radius 1 is 1.30 bits per heavy atom. The van der Waals surface area contributed by atoms with E-state index in [4.69, 9.17) is 11.6 Å². The fraction of sp³-hybridized carbons (Fsp3) is 0.647. The predicted molar refractivity (Wildman–Crippen MR) is 88.7 cm³/mol. The molecule has 1 aromatic rings. The van der Waals surface area contributed by atoms with E-state index in [1.165, 1.54) is 36.9 Å². The van der Waals surface area contributed by atoms with Crippen molar-refractivity contribution in [2.45, 2.75) is 52.1 Å². The molecule has 1 aromatic carbocycles. The third-order valence-corrected chi connectivity index (χ3v) is 4.92. The fourth-order valence-corrected chi connectivity index (χ4v) is 3.46. The Morgan fingerprint density at radius 2 is 2.05 bits per heavy atom. The lowest BCUT2D eigenvalue weighted by Crippen LogP contribution is -2.39. The van der Waals surface area contributed by atoms with E-state index in [1.807, 2.05) is 0 Å². The second kappa shape index (κ2) is 7.33. The highest BCUT2D eigenvalue weighted by Crippen LogP contribution is 2.32. The van der Waals surface area contributed by atoms with Crippen LogP contribution >= 0.6 is 11.6 Å². The highest BCUT2D eigenvalue weighted by atomic mass is 35.5. The van der Waals surface area contributed by atoms with Gasteiger partial charge >= 0.3 is 0 Å². The molecule has 0 amide bonds. The zero-order chi connectivity index (χ0) is 14.5. The van der Waals surface area contributed by atoms with Gasteiger partial charge in [0.1, 0.15) is 0 Å². The van der Waals surface area contributed by atoms with Gasteiger partial charge < -0.3 is 10.2 Å². The van der Waals surface area contributed by atoms with Gasteiger partial charge in [-0.1, -0.05) is 44.4 Å². The van der Waals surface area contributed by atoms with Crippen LogP contribution in [0.15, 0.2) is 18.2 Å². The molecule has 0 heterocycles. The lowest BCUT2D eigenvalue weighted by molar-refractivity contribution is 0.321. The number of anilines is 1. The Bertz CT molecular complexity index is 433. The average Bonchev–Trinajstić information content (AvgIpc) is 2.46. The second-order valence-electron chi connectivity index (χ2n) is 6.00. The topological polar surface area (TPSA) is 15.3 Å². The number of nitrogens with zero attached hydrogens (tertiary/aromatic N) is 1. The Hall–Kier alpha value is -0.730. The predicted octanol–water partition coefficient (Wildman–Crippen LogP) is 4.46. The molecule has 3 heteroatoms. The van der Waals surface area contributed by atoms with E-state index in [9.17, 15) is 0 Å². The van der Waals surface area contributed by atoms with Crippen molar-refractivity contribution >= 4 is 17.3 Å². The van der Waals surface area contributed by atoms with E-state index in [-0.39, 0.29) is 0 Å². The molecule has 0 saturated heterocycles. The molecule has 0 spiro atoms. The molecule has 0 aromatic heterocycles. The molecule has 0 bridgehead atoms. The third-order valence-electron chi connectivity index (χ3n) is 4.57. The Labute approximate surface area is 128 Å². The number of halogens is 1. The molecule has 1 N–H and O–H groups in total. The lowest BCUT2D eigenvalue weighted by Gasteiger charge is -2.37. The van der Waals surface area contributed by atoms with Crippen molar-refractivity contribution in [2.24, 2.45) is 5.92 Å². The van der Waals surface area contributed by atoms with Crippen molar-refractivity contribution in [2.75, 3.05) is 18.5 Å². The Kier molecular flexibility index (Phi) is 5.74. The van der Waals surface area contributed by atoms with Crippen LogP contribution in [0.5, 0.6) is 0 Å². The second-order valence-corrected chi connectivity index (χ2v) is 6.40. The van der Waals surface area contributed by atoms with Gasteiger partial charge in [-0.15, -0.1) is 0 Å². The maximum absolute atomic E-state index is 6.42. The van der Waals surface area contributed by atoms with Crippen LogP contribution in [-0.2, 0) is 6.54 Å². The molecule has 1 fully saturated rings. The Morgan fingerprint density at radius 3 is 2.70 bits per heavy atom. The van der Waals surface area contributed by atoms with Gasteiger partial charge in [-0.3, -0.25) is 0 Å². The van der Waals surface area contributed by atoms with Crippen LogP contribution in [0, 0.1) is 5.92 Å². The van der Waals surface area contributed by atoms with E-state index in [0.29, 0.717) is 6.04 Å². The summed E-state index contributed by atoms with van der Waals surface area (Å²) in [5, 5.41) is 4.20. The van der Waals surface area contributed by atoms with Crippen molar-refractivity contribution < 1.29 is 0 Å². The van der Waals surface area contributed by atoms with Gasteiger partial charge in [-0.2, -0.15) is 0 Å². The van der Waals surface area contributed by atoms with Crippen LogP contribution in [0.3, 0.4) is 0 Å². The van der Waals surface area contributed by atoms with Crippen LogP contribution in [0.25, 0.3) is 0 Å². The minimum atomic E-state index is 0.652. The largest absolute Gasteiger partial charge is 0.371 e. The van der Waals surface area contributed by atoms with Crippen molar-refractivity contribution in [1.29, 1.82) is 0 Å². The maximum atomic E-state index is 6.42. The van der Waals surface area contributed by atoms with E-state index in [0.717, 1.165) is 24.0 Å². The van der Waals surface area contributed by atoms with Gasteiger partial charge in [-0.05, 0) is 43.0 Å². The van der Waals surface area contributed by atoms with Gasteiger partial charge in [0.25, 0.3) is 0 Å². The molecule has 1 saturated carbocycles. The maximum Gasteiger partial charge on any atom is 0.0471 e. The van der Waals surface area contributed by atoms with Crippen molar-refractivity contribution in [3.63, 3.8) is 0 Å². The molecule has 1 aliphatic carbocycles. The van der Waals surface area contributed by atoms with Crippen molar-refractivity contribution in [3.8, 4) is 0 Å². The molecule has 0 radical (unpaired) electrons. The normalized spacial score (nSPS) is 22.8. The minimum absolute atomic E-state index is 0.652. The summed E-state index contributed by atoms with van der Waals surface area (Å²) >= 11 is 6.42. The first-order valence-electron chi connectivity index (χ1n) is 7.85. The molecule has 2 rings (SSSR count). The standard InChI is InChI=1S/C17H27ClN2/c1-4-19-12-14-9-10-15(11-16(14)18)20(3)17-8-6-5-7-13(17)2/h9-11,13,17,19H,4-8,12H2,1-3H3. The molecule has 2 nitrogen and oxygen atoms in total. The van der Waals surface area contributed by atoms with Gasteiger partial charge in [0, 0.05) is 30.3 Å². The number of nitrogens with one attached hydrogen (secondary N) is 1. The molecule has 1 aliphatic rings. The van der Waals surface area contributed by atoms with Crippen LogP contribution in [0.2, 0.25) is 5.02 Å². The Balaban J connectivity index is 2.09. The number of rotatable bonds is 5. The monoisotopic (exact) mass is 294 g/mol. The van der Waals surface area contributed by atoms with Crippen molar-refractivity contribution in [1.82, 2.24) is 5.32 Å². The van der Waals surface area contributed by atoms with E-state index in [2.05, 4.69) is 49.3 Å². The summed E-state index contributed by atoms with van der Waals surface area (Å²) in [5.74, 6) is 0.772. The minimum Gasteiger partial charge on any atom is -0.371 e. The summed E-state index contributed by atoms with van der Waals surface area (Å²) in [6.45, 7) is 6.30. The van der Waals surface area contributed by atoms with Crippen LogP contribution in [0.1, 0.15) is 45.1 Å². The van der Waals surface area contributed by atoms with Crippen LogP contribution in [0.4, 0.5) is 5.69 Å². The summed E-state index contributed by atoms with van der Waals surface area (Å²) in [7, 11) is 2.21. The molecule has 20 heavy (non-hydrogen) atoms. The zero-order valence-electron chi connectivity index (χ0n) is 13.0. The SMILES string of the molecule is CCNCc1ccc(N(C)C2CCCCC2C)cc1Cl. The number of hydrogen-bond acceptors (Lipinski definition) is 2. The van der Waals surface area contributed by atoms with Crippen LogP contribution < -0.4 is 10.2 Å². The average molecular weight is 295 g/mol. The van der Waals surface area contributed by atoms with Crippen LogP contribution in [-0.4, -0.2) is 19.6 Å². The smallest absolute Gasteiger partial charge is 0.0471 e. The summed E-state index contributed by atoms with van der Waals surface area (Å²) in [5.41, 5.74) is 2.43. The van der Waals surface area contributed by atoms with E-state index in [1.54, 1.807) is 0 Å². The molecule has 2 unspecified atom stereocenters. The van der Waals surface area contributed by atoms with Gasteiger partial charge in [0.2, 0.25) is 0 Å². The number of hydrogen-bond donors (Lipinski definition) is 1. The molecular formula is C17H27ClN2. The highest BCUT2D eigenvalue weighted by Gasteiger charge is 2.25. The van der Waals surface area contributed by atoms with Crippen molar-refractivity contribution in [3.05, 3.63) is 28.8 Å². The molecule has 0 aliphatic heterocycles. The quantitative estimate of drug-likeness (QED) is 0.862.